The van der Waals surface area contributed by atoms with Crippen LogP contribution in [-0.2, 0) is 14.3 Å². The van der Waals surface area contributed by atoms with Gasteiger partial charge < -0.3 is 14.9 Å². The zero-order valence-corrected chi connectivity index (χ0v) is 17.1. The van der Waals surface area contributed by atoms with Gasteiger partial charge in [0.1, 0.15) is 11.4 Å². The number of aliphatic hydroxyl groups is 2. The van der Waals surface area contributed by atoms with Crippen LogP contribution in [0.3, 0.4) is 0 Å². The third-order valence-electron chi connectivity index (χ3n) is 5.32. The SMILES string of the molecule is CCCCC[C@](C)(O)C#C[C@@H]1[C@H](O)CC(=O)[C@@H]1CCCCCCC(=O)OC. The van der Waals surface area contributed by atoms with Gasteiger partial charge >= 0.3 is 5.97 Å². The van der Waals surface area contributed by atoms with Crippen LogP contribution in [0, 0.1) is 23.7 Å². The summed E-state index contributed by atoms with van der Waals surface area (Å²) in [5.74, 6) is 5.18. The van der Waals surface area contributed by atoms with E-state index in [0.717, 1.165) is 44.9 Å². The topological polar surface area (TPSA) is 83.8 Å². The second-order valence-electron chi connectivity index (χ2n) is 7.90. The summed E-state index contributed by atoms with van der Waals surface area (Å²) in [4.78, 5) is 23.3. The number of ketones is 1. The fraction of sp³-hybridized carbons (Fsp3) is 0.818. The van der Waals surface area contributed by atoms with E-state index >= 15 is 0 Å². The standard InChI is InChI=1S/C22H36O5/c1-4-5-10-14-22(2,26)15-13-18-17(19(23)16-20(18)24)11-8-6-7-9-12-21(25)27-3/h17-18,20,24,26H,4-12,14,16H2,1-3H3/t17-,18+,20-,22+/m1/s1. The molecule has 0 saturated heterocycles. The lowest BCUT2D eigenvalue weighted by atomic mass is 9.88. The molecule has 0 heterocycles. The molecule has 2 N–H and O–H groups in total. The number of ether oxygens (including phenoxy) is 1. The first-order valence-electron chi connectivity index (χ1n) is 10.3. The van der Waals surface area contributed by atoms with Gasteiger partial charge in [0.05, 0.1) is 19.1 Å². The number of carbonyl (C=O) groups excluding carboxylic acids is 2. The molecule has 4 atom stereocenters. The number of carbonyl (C=O) groups is 2. The summed E-state index contributed by atoms with van der Waals surface area (Å²) in [6, 6.07) is 0. The minimum absolute atomic E-state index is 0.0713. The van der Waals surface area contributed by atoms with E-state index in [1.54, 1.807) is 6.92 Å². The Balaban J connectivity index is 2.49. The first-order valence-corrected chi connectivity index (χ1v) is 10.3. The van der Waals surface area contributed by atoms with Crippen molar-refractivity contribution in [2.24, 2.45) is 11.8 Å². The van der Waals surface area contributed by atoms with E-state index in [9.17, 15) is 19.8 Å². The van der Waals surface area contributed by atoms with Crippen LogP contribution in [0.1, 0.15) is 84.5 Å². The van der Waals surface area contributed by atoms with Crippen LogP contribution in [0.15, 0.2) is 0 Å². The van der Waals surface area contributed by atoms with Crippen LogP contribution < -0.4 is 0 Å². The Hall–Kier alpha value is -1.38. The molecular formula is C22H36O5. The third-order valence-corrected chi connectivity index (χ3v) is 5.32. The van der Waals surface area contributed by atoms with Crippen LogP contribution in [0.25, 0.3) is 0 Å². The second-order valence-corrected chi connectivity index (χ2v) is 7.90. The Kier molecular flexibility index (Phi) is 10.6. The highest BCUT2D eigenvalue weighted by Gasteiger charge is 2.40. The number of aliphatic hydroxyl groups excluding tert-OH is 1. The quantitative estimate of drug-likeness (QED) is 0.326. The number of hydrogen-bond acceptors (Lipinski definition) is 5. The lowest BCUT2D eigenvalue weighted by Crippen LogP contribution is -2.24. The Labute approximate surface area is 163 Å². The van der Waals surface area contributed by atoms with E-state index in [2.05, 4.69) is 23.5 Å². The zero-order chi connectivity index (χ0) is 20.3. The molecular weight excluding hydrogens is 344 g/mol. The maximum atomic E-state index is 12.2. The molecule has 0 spiro atoms. The molecule has 1 rings (SSSR count). The first kappa shape index (κ1) is 23.7. The summed E-state index contributed by atoms with van der Waals surface area (Å²) >= 11 is 0. The van der Waals surface area contributed by atoms with Crippen LogP contribution in [0.4, 0.5) is 0 Å². The fourth-order valence-electron chi connectivity index (χ4n) is 3.60. The van der Waals surface area contributed by atoms with E-state index in [0.29, 0.717) is 19.3 Å². The first-order chi connectivity index (χ1) is 12.8. The van der Waals surface area contributed by atoms with Gasteiger partial charge in [0.15, 0.2) is 0 Å². The van der Waals surface area contributed by atoms with Crippen LogP contribution in [-0.4, -0.2) is 40.8 Å². The number of unbranched alkanes of at least 4 members (excludes halogenated alkanes) is 5. The highest BCUT2D eigenvalue weighted by Crippen LogP contribution is 2.33. The van der Waals surface area contributed by atoms with Crippen LogP contribution in [0.5, 0.6) is 0 Å². The van der Waals surface area contributed by atoms with E-state index in [1.807, 2.05) is 0 Å². The highest BCUT2D eigenvalue weighted by molar-refractivity contribution is 5.85. The molecule has 0 radical (unpaired) electrons. The van der Waals surface area contributed by atoms with Gasteiger partial charge in [-0.05, 0) is 32.6 Å². The number of esters is 1. The number of methoxy groups -OCH3 is 1. The van der Waals surface area contributed by atoms with E-state index in [4.69, 9.17) is 0 Å². The highest BCUT2D eigenvalue weighted by atomic mass is 16.5. The van der Waals surface area contributed by atoms with Gasteiger partial charge in [-0.25, -0.2) is 0 Å². The molecule has 0 aromatic carbocycles. The van der Waals surface area contributed by atoms with Crippen molar-refractivity contribution in [1.29, 1.82) is 0 Å². The Morgan fingerprint density at radius 3 is 2.59 bits per heavy atom. The minimum atomic E-state index is -1.07. The molecule has 0 aromatic heterocycles. The second kappa shape index (κ2) is 12.2. The minimum Gasteiger partial charge on any atom is -0.469 e. The zero-order valence-electron chi connectivity index (χ0n) is 17.1. The van der Waals surface area contributed by atoms with Crippen LogP contribution >= 0.6 is 0 Å². The van der Waals surface area contributed by atoms with Gasteiger partial charge in [-0.3, -0.25) is 9.59 Å². The largest absolute Gasteiger partial charge is 0.469 e. The van der Waals surface area contributed by atoms with Crippen molar-refractivity contribution in [3.8, 4) is 11.8 Å². The molecule has 0 amide bonds. The molecule has 1 saturated carbocycles. The van der Waals surface area contributed by atoms with Crippen LogP contribution in [0.2, 0.25) is 0 Å². The Bertz CT molecular complexity index is 529. The summed E-state index contributed by atoms with van der Waals surface area (Å²) in [5, 5.41) is 20.6. The smallest absolute Gasteiger partial charge is 0.305 e. The van der Waals surface area contributed by atoms with Gasteiger partial charge in [-0.15, -0.1) is 0 Å². The number of hydrogen-bond donors (Lipinski definition) is 2. The number of Topliss-reactive ketones (excluding diaryl/α,β-unsaturated/α-hetero) is 1. The monoisotopic (exact) mass is 380 g/mol. The molecule has 1 aliphatic carbocycles. The third kappa shape index (κ3) is 8.90. The molecule has 154 valence electrons. The normalized spacial score (nSPS) is 24.2. The summed E-state index contributed by atoms with van der Waals surface area (Å²) in [7, 11) is 1.39. The lowest BCUT2D eigenvalue weighted by molar-refractivity contribution is -0.140. The van der Waals surface area contributed by atoms with Crippen molar-refractivity contribution >= 4 is 11.8 Å². The molecule has 1 fully saturated rings. The van der Waals surface area contributed by atoms with Crippen molar-refractivity contribution in [3.05, 3.63) is 0 Å². The maximum absolute atomic E-state index is 12.2. The average molecular weight is 381 g/mol. The van der Waals surface area contributed by atoms with Gasteiger partial charge in [-0.2, -0.15) is 0 Å². The van der Waals surface area contributed by atoms with Crippen molar-refractivity contribution in [3.63, 3.8) is 0 Å². The molecule has 0 aromatic rings. The Morgan fingerprint density at radius 1 is 1.22 bits per heavy atom. The van der Waals surface area contributed by atoms with Gasteiger partial charge in [0.2, 0.25) is 0 Å². The molecule has 0 aliphatic heterocycles. The van der Waals surface area contributed by atoms with Gasteiger partial charge in [0, 0.05) is 18.8 Å². The van der Waals surface area contributed by atoms with Crippen molar-refractivity contribution < 1.29 is 24.5 Å². The number of rotatable bonds is 11. The molecule has 27 heavy (non-hydrogen) atoms. The summed E-state index contributed by atoms with van der Waals surface area (Å²) in [6.45, 7) is 3.82. The van der Waals surface area contributed by atoms with Crippen molar-refractivity contribution in [2.75, 3.05) is 7.11 Å². The van der Waals surface area contributed by atoms with Crippen molar-refractivity contribution in [2.45, 2.75) is 96.2 Å². The van der Waals surface area contributed by atoms with E-state index < -0.39 is 11.7 Å². The molecule has 0 unspecified atom stereocenters. The van der Waals surface area contributed by atoms with Gasteiger partial charge in [-0.1, -0.05) is 50.9 Å². The summed E-state index contributed by atoms with van der Waals surface area (Å²) in [6.07, 6.45) is 7.73. The molecule has 0 bridgehead atoms. The fourth-order valence-corrected chi connectivity index (χ4v) is 3.60. The van der Waals surface area contributed by atoms with Gasteiger partial charge in [0.25, 0.3) is 0 Å². The van der Waals surface area contributed by atoms with E-state index in [1.165, 1.54) is 7.11 Å². The van der Waals surface area contributed by atoms with E-state index in [-0.39, 0.29) is 30.0 Å². The summed E-state index contributed by atoms with van der Waals surface area (Å²) in [5.41, 5.74) is -1.07. The average Bonchev–Trinajstić information content (AvgIpc) is 2.89. The predicted octanol–water partition coefficient (Wildman–Crippen LogP) is 3.40. The van der Waals surface area contributed by atoms with Crippen molar-refractivity contribution in [1.82, 2.24) is 0 Å². The lowest BCUT2D eigenvalue weighted by Gasteiger charge is -2.19. The molecule has 5 nitrogen and oxygen atoms in total. The maximum Gasteiger partial charge on any atom is 0.305 e. The summed E-state index contributed by atoms with van der Waals surface area (Å²) < 4.78 is 4.62. The molecule has 5 heteroatoms. The Morgan fingerprint density at radius 2 is 1.93 bits per heavy atom. The predicted molar refractivity (Wildman–Crippen MR) is 105 cm³/mol. The molecule has 1 aliphatic rings.